The summed E-state index contributed by atoms with van der Waals surface area (Å²) in [6.07, 6.45) is 18.2. The molecular formula is C28H43N3. The van der Waals surface area contributed by atoms with Crippen molar-refractivity contribution in [1.82, 2.24) is 5.32 Å². The fourth-order valence-corrected chi connectivity index (χ4v) is 5.66. The minimum atomic E-state index is 0.193. The van der Waals surface area contributed by atoms with E-state index in [4.69, 9.17) is 10.7 Å². The summed E-state index contributed by atoms with van der Waals surface area (Å²) in [6.45, 7) is 11.5. The van der Waals surface area contributed by atoms with Gasteiger partial charge in [0, 0.05) is 35.1 Å². The molecule has 0 bridgehead atoms. The quantitative estimate of drug-likeness (QED) is 0.415. The molecule has 3 rings (SSSR count). The molecule has 3 N–H and O–H groups in total. The minimum absolute atomic E-state index is 0.193. The summed E-state index contributed by atoms with van der Waals surface area (Å²) in [5, 5.41) is 3.77. The van der Waals surface area contributed by atoms with Crippen LogP contribution >= 0.6 is 0 Å². The number of hydrogen-bond acceptors (Lipinski definition) is 3. The average molecular weight is 422 g/mol. The zero-order valence-electron chi connectivity index (χ0n) is 20.4. The molecule has 1 saturated heterocycles. The zero-order valence-corrected chi connectivity index (χ0v) is 20.4. The second-order valence-corrected chi connectivity index (χ2v) is 11.0. The molecule has 3 heteroatoms. The molecule has 3 nitrogen and oxygen atoms in total. The van der Waals surface area contributed by atoms with Crippen molar-refractivity contribution in [3.8, 4) is 0 Å². The lowest BCUT2D eigenvalue weighted by Gasteiger charge is -2.46. The first-order valence-electron chi connectivity index (χ1n) is 12.2. The van der Waals surface area contributed by atoms with Gasteiger partial charge in [0.15, 0.2) is 0 Å². The van der Waals surface area contributed by atoms with Gasteiger partial charge < -0.3 is 11.1 Å². The van der Waals surface area contributed by atoms with Gasteiger partial charge in [-0.1, -0.05) is 49.6 Å². The molecule has 2 aliphatic rings. The number of piperidine rings is 1. The van der Waals surface area contributed by atoms with Crippen molar-refractivity contribution in [3.63, 3.8) is 0 Å². The molecule has 0 radical (unpaired) electrons. The molecule has 1 aromatic rings. The van der Waals surface area contributed by atoms with Crippen LogP contribution in [0.1, 0.15) is 89.3 Å². The molecule has 1 aliphatic heterocycles. The first-order chi connectivity index (χ1) is 14.7. The van der Waals surface area contributed by atoms with Gasteiger partial charge in [-0.25, -0.2) is 0 Å². The summed E-state index contributed by atoms with van der Waals surface area (Å²) in [6, 6.07) is 7.17. The van der Waals surface area contributed by atoms with Gasteiger partial charge in [-0.3, -0.25) is 4.99 Å². The topological polar surface area (TPSA) is 50.4 Å². The van der Waals surface area contributed by atoms with E-state index in [0.29, 0.717) is 12.0 Å². The van der Waals surface area contributed by atoms with Gasteiger partial charge in [0.2, 0.25) is 0 Å². The number of hydrogen-bond donors (Lipinski definition) is 2. The first-order valence-corrected chi connectivity index (χ1v) is 12.2. The third-order valence-electron chi connectivity index (χ3n) is 6.82. The van der Waals surface area contributed by atoms with Gasteiger partial charge in [0.25, 0.3) is 0 Å². The summed E-state index contributed by atoms with van der Waals surface area (Å²) in [5.41, 5.74) is 11.2. The lowest BCUT2D eigenvalue weighted by Crippen LogP contribution is -2.57. The summed E-state index contributed by atoms with van der Waals surface area (Å²) in [5.74, 6) is 0.633. The summed E-state index contributed by atoms with van der Waals surface area (Å²) >= 11 is 0. The maximum Gasteiger partial charge on any atom is 0.0499 e. The van der Waals surface area contributed by atoms with Crippen molar-refractivity contribution in [2.24, 2.45) is 16.6 Å². The molecule has 1 heterocycles. The number of aliphatic imine (C=N–C) groups is 1. The number of nitrogens with two attached hydrogens (primary N) is 1. The van der Waals surface area contributed by atoms with E-state index in [0.717, 1.165) is 17.6 Å². The van der Waals surface area contributed by atoms with Crippen molar-refractivity contribution in [2.45, 2.75) is 103 Å². The highest BCUT2D eigenvalue weighted by Gasteiger charge is 2.36. The normalized spacial score (nSPS) is 23.1. The van der Waals surface area contributed by atoms with Crippen LogP contribution in [-0.4, -0.2) is 23.3 Å². The molecule has 170 valence electrons. The van der Waals surface area contributed by atoms with Gasteiger partial charge in [-0.15, -0.1) is 0 Å². The van der Waals surface area contributed by atoms with Crippen LogP contribution in [0.2, 0.25) is 0 Å². The number of aryl methyl sites for hydroxylation is 1. The van der Waals surface area contributed by atoms with Gasteiger partial charge in [-0.05, 0) is 89.3 Å². The number of nitrogens with zero attached hydrogens (tertiary/aromatic N) is 1. The van der Waals surface area contributed by atoms with Crippen LogP contribution in [0.25, 0.3) is 5.57 Å². The molecule has 1 aromatic carbocycles. The predicted octanol–water partition coefficient (Wildman–Crippen LogP) is 6.35. The second-order valence-electron chi connectivity index (χ2n) is 11.0. The first kappa shape index (κ1) is 23.8. The third kappa shape index (κ3) is 7.07. The predicted molar refractivity (Wildman–Crippen MR) is 136 cm³/mol. The molecule has 0 unspecified atom stereocenters. The van der Waals surface area contributed by atoms with Crippen LogP contribution in [0.3, 0.4) is 0 Å². The van der Waals surface area contributed by atoms with Gasteiger partial charge >= 0.3 is 0 Å². The monoisotopic (exact) mass is 421 g/mol. The smallest absolute Gasteiger partial charge is 0.0499 e. The highest BCUT2D eigenvalue weighted by molar-refractivity contribution is 6.09. The summed E-state index contributed by atoms with van der Waals surface area (Å²) < 4.78 is 0. The van der Waals surface area contributed by atoms with Crippen LogP contribution in [-0.2, 0) is 6.42 Å². The maximum absolute atomic E-state index is 5.95. The second kappa shape index (κ2) is 10.2. The Kier molecular flexibility index (Phi) is 7.80. The lowest BCUT2D eigenvalue weighted by atomic mass is 9.76. The van der Waals surface area contributed by atoms with Crippen molar-refractivity contribution >= 4 is 11.8 Å². The highest BCUT2D eigenvalue weighted by atomic mass is 15.0. The van der Waals surface area contributed by atoms with E-state index >= 15 is 0 Å². The fourth-order valence-electron chi connectivity index (χ4n) is 5.66. The lowest BCUT2D eigenvalue weighted by molar-refractivity contribution is 0.150. The van der Waals surface area contributed by atoms with E-state index in [-0.39, 0.29) is 11.1 Å². The summed E-state index contributed by atoms with van der Waals surface area (Å²) in [4.78, 5) is 4.82. The SMILES string of the molecule is Cc1cc(C(C=NC2CCCCC2)=CN)ccc1C/C=C\C1CC(C)(C)NC(C)(C)C1. The summed E-state index contributed by atoms with van der Waals surface area (Å²) in [7, 11) is 0. The highest BCUT2D eigenvalue weighted by Crippen LogP contribution is 2.33. The van der Waals surface area contributed by atoms with E-state index in [1.807, 2.05) is 6.21 Å². The van der Waals surface area contributed by atoms with Crippen LogP contribution in [0.4, 0.5) is 0 Å². The van der Waals surface area contributed by atoms with Crippen LogP contribution in [0.5, 0.6) is 0 Å². The molecule has 0 amide bonds. The molecule has 0 atom stereocenters. The Hall–Kier alpha value is -1.87. The van der Waals surface area contributed by atoms with Crippen molar-refractivity contribution in [2.75, 3.05) is 0 Å². The Morgan fingerprint density at radius 1 is 1.10 bits per heavy atom. The number of rotatable bonds is 6. The van der Waals surface area contributed by atoms with Crippen molar-refractivity contribution < 1.29 is 0 Å². The molecular weight excluding hydrogens is 378 g/mol. The van der Waals surface area contributed by atoms with E-state index in [1.54, 1.807) is 6.20 Å². The van der Waals surface area contributed by atoms with E-state index in [2.05, 4.69) is 70.3 Å². The maximum atomic E-state index is 5.95. The molecule has 1 saturated carbocycles. The Morgan fingerprint density at radius 2 is 1.77 bits per heavy atom. The fraction of sp³-hybridized carbons (Fsp3) is 0.607. The Balaban J connectivity index is 1.62. The average Bonchev–Trinajstić information content (AvgIpc) is 2.68. The largest absolute Gasteiger partial charge is 0.404 e. The Labute approximate surface area is 190 Å². The Bertz CT molecular complexity index is 807. The van der Waals surface area contributed by atoms with E-state index < -0.39 is 0 Å². The molecule has 0 aromatic heterocycles. The number of allylic oxidation sites excluding steroid dienone is 3. The van der Waals surface area contributed by atoms with E-state index in [1.165, 1.54) is 56.1 Å². The van der Waals surface area contributed by atoms with Crippen LogP contribution < -0.4 is 11.1 Å². The third-order valence-corrected chi connectivity index (χ3v) is 6.82. The van der Waals surface area contributed by atoms with Gasteiger partial charge in [-0.2, -0.15) is 0 Å². The van der Waals surface area contributed by atoms with Crippen molar-refractivity contribution in [3.05, 3.63) is 53.2 Å². The van der Waals surface area contributed by atoms with Crippen molar-refractivity contribution in [1.29, 1.82) is 0 Å². The molecule has 1 aliphatic carbocycles. The molecule has 0 spiro atoms. The molecule has 31 heavy (non-hydrogen) atoms. The van der Waals surface area contributed by atoms with E-state index in [9.17, 15) is 0 Å². The molecule has 2 fully saturated rings. The van der Waals surface area contributed by atoms with Crippen LogP contribution in [0.15, 0.2) is 41.5 Å². The van der Waals surface area contributed by atoms with Crippen LogP contribution in [0, 0.1) is 12.8 Å². The standard InChI is InChI=1S/C28H43N3/c1-21-16-24(25(19-29)20-30-26-12-7-6-8-13-26)15-14-23(21)11-9-10-22-17-27(2,3)31-28(4,5)18-22/h9-10,14-16,19-20,22,26,31H,6-8,11-13,17-18,29H2,1-5H3/b10-9-,25-19?,30-20?. The van der Waals surface area contributed by atoms with Gasteiger partial charge in [0.05, 0.1) is 0 Å². The number of nitrogens with one attached hydrogen (secondary N) is 1. The Morgan fingerprint density at radius 3 is 2.39 bits per heavy atom. The van der Waals surface area contributed by atoms with Gasteiger partial charge in [0.1, 0.15) is 0 Å². The minimum Gasteiger partial charge on any atom is -0.404 e. The number of benzene rings is 1. The zero-order chi connectivity index (χ0) is 22.5.